The molecule has 7 heteroatoms. The summed E-state index contributed by atoms with van der Waals surface area (Å²) in [6, 6.07) is 16.0. The van der Waals surface area contributed by atoms with Gasteiger partial charge in [0.25, 0.3) is 5.91 Å². The van der Waals surface area contributed by atoms with E-state index in [4.69, 9.17) is 4.52 Å². The lowest BCUT2D eigenvalue weighted by Gasteiger charge is -2.28. The van der Waals surface area contributed by atoms with Gasteiger partial charge in [-0.2, -0.15) is 0 Å². The van der Waals surface area contributed by atoms with Gasteiger partial charge in [-0.1, -0.05) is 49.3 Å². The smallest absolute Gasteiger partial charge is 0.278 e. The van der Waals surface area contributed by atoms with Crippen LogP contribution in [0.4, 0.5) is 4.39 Å². The molecule has 154 valence electrons. The van der Waals surface area contributed by atoms with E-state index >= 15 is 0 Å². The quantitative estimate of drug-likeness (QED) is 0.689. The molecule has 3 aromatic rings. The molecule has 1 aliphatic rings. The summed E-state index contributed by atoms with van der Waals surface area (Å²) in [6.45, 7) is 4.02. The first-order valence-corrected chi connectivity index (χ1v) is 9.84. The van der Waals surface area contributed by atoms with Crippen LogP contribution in [0, 0.1) is 11.7 Å². The lowest BCUT2D eigenvalue weighted by Crippen LogP contribution is -2.40. The van der Waals surface area contributed by atoms with Gasteiger partial charge in [-0.15, -0.1) is 0 Å². The number of aromatic nitrogens is 1. The first-order chi connectivity index (χ1) is 14.4. The van der Waals surface area contributed by atoms with Crippen LogP contribution >= 0.6 is 0 Å². The highest BCUT2D eigenvalue weighted by atomic mass is 19.1. The van der Waals surface area contributed by atoms with E-state index in [1.165, 1.54) is 18.2 Å². The van der Waals surface area contributed by atoms with Crippen molar-refractivity contribution in [1.29, 1.82) is 0 Å². The molecule has 30 heavy (non-hydrogen) atoms. The van der Waals surface area contributed by atoms with Crippen molar-refractivity contribution in [3.63, 3.8) is 0 Å². The summed E-state index contributed by atoms with van der Waals surface area (Å²) in [5.41, 5.74) is 1.52. The van der Waals surface area contributed by atoms with E-state index < -0.39 is 18.1 Å². The van der Waals surface area contributed by atoms with E-state index in [0.29, 0.717) is 17.7 Å². The van der Waals surface area contributed by atoms with Crippen LogP contribution in [0.2, 0.25) is 0 Å². The Morgan fingerprint density at radius 3 is 2.53 bits per heavy atom. The first-order valence-electron chi connectivity index (χ1n) is 9.84. The molecule has 6 nitrogen and oxygen atoms in total. The molecule has 1 aromatic heterocycles. The van der Waals surface area contributed by atoms with Crippen LogP contribution in [-0.2, 0) is 4.79 Å². The van der Waals surface area contributed by atoms with Crippen molar-refractivity contribution < 1.29 is 18.5 Å². The Bertz CT molecular complexity index is 1050. The highest BCUT2D eigenvalue weighted by Gasteiger charge is 2.44. The molecule has 2 unspecified atom stereocenters. The molecule has 0 radical (unpaired) electrons. The predicted octanol–water partition coefficient (Wildman–Crippen LogP) is 4.17. The fraction of sp³-hybridized carbons (Fsp3) is 0.261. The van der Waals surface area contributed by atoms with Crippen molar-refractivity contribution in [2.75, 3.05) is 0 Å². The molecule has 1 N–H and O–H groups in total. The number of carbonyl (C=O) groups excluding carboxylic acids is 2. The van der Waals surface area contributed by atoms with Crippen LogP contribution in [0.1, 0.15) is 42.5 Å². The van der Waals surface area contributed by atoms with E-state index in [1.807, 2.05) is 44.2 Å². The Morgan fingerprint density at radius 1 is 1.17 bits per heavy atom. The molecule has 2 atom stereocenters. The summed E-state index contributed by atoms with van der Waals surface area (Å²) < 4.78 is 18.5. The molecule has 0 aliphatic carbocycles. The number of hydrogen-bond acceptors (Lipinski definition) is 4. The third kappa shape index (κ3) is 3.83. The second-order valence-corrected chi connectivity index (χ2v) is 7.76. The molecule has 2 amide bonds. The molecular formula is C23H22FN3O3. The zero-order valence-corrected chi connectivity index (χ0v) is 16.7. The number of halogens is 1. The van der Waals surface area contributed by atoms with Gasteiger partial charge in [0.2, 0.25) is 5.91 Å². The Hall–Kier alpha value is -3.48. The minimum absolute atomic E-state index is 0.0977. The maximum absolute atomic E-state index is 13.4. The standard InChI is InChI=1S/C23H22FN3O3/c1-14(2)12-19-22(28)25-21(16-6-4-3-5-7-16)27(19)23(29)18-13-20(30-26-18)15-8-10-17(24)11-9-15/h3-11,13-14,19,21H,12H2,1-2H3,(H,25,28). The summed E-state index contributed by atoms with van der Waals surface area (Å²) in [7, 11) is 0. The number of carbonyl (C=O) groups is 2. The van der Waals surface area contributed by atoms with Crippen LogP contribution in [-0.4, -0.2) is 27.9 Å². The predicted molar refractivity (Wildman–Crippen MR) is 109 cm³/mol. The summed E-state index contributed by atoms with van der Waals surface area (Å²) in [5, 5.41) is 6.86. The van der Waals surface area contributed by atoms with Gasteiger partial charge in [0.1, 0.15) is 18.0 Å². The number of rotatable bonds is 5. The third-order valence-electron chi connectivity index (χ3n) is 5.10. The average Bonchev–Trinajstić information content (AvgIpc) is 3.34. The zero-order valence-electron chi connectivity index (χ0n) is 16.7. The fourth-order valence-electron chi connectivity index (χ4n) is 3.67. The Labute approximate surface area is 173 Å². The Morgan fingerprint density at radius 2 is 1.87 bits per heavy atom. The van der Waals surface area contributed by atoms with Crippen molar-refractivity contribution in [1.82, 2.24) is 15.4 Å². The minimum atomic E-state index is -0.603. The molecule has 4 rings (SSSR count). The van der Waals surface area contributed by atoms with Crippen LogP contribution in [0.3, 0.4) is 0 Å². The van der Waals surface area contributed by atoms with Gasteiger partial charge >= 0.3 is 0 Å². The van der Waals surface area contributed by atoms with Gasteiger partial charge in [-0.05, 0) is 42.2 Å². The van der Waals surface area contributed by atoms with Crippen molar-refractivity contribution in [2.24, 2.45) is 5.92 Å². The first kappa shape index (κ1) is 19.8. The maximum atomic E-state index is 13.4. The van der Waals surface area contributed by atoms with Crippen LogP contribution < -0.4 is 5.32 Å². The third-order valence-corrected chi connectivity index (χ3v) is 5.10. The summed E-state index contributed by atoms with van der Waals surface area (Å²) in [4.78, 5) is 27.7. The van der Waals surface area contributed by atoms with Crippen LogP contribution in [0.5, 0.6) is 0 Å². The molecule has 2 aromatic carbocycles. The normalized spacial score (nSPS) is 18.7. The monoisotopic (exact) mass is 407 g/mol. The lowest BCUT2D eigenvalue weighted by molar-refractivity contribution is -0.121. The highest BCUT2D eigenvalue weighted by molar-refractivity contribution is 5.99. The van der Waals surface area contributed by atoms with E-state index in [9.17, 15) is 14.0 Å². The number of nitrogens with one attached hydrogen (secondary N) is 1. The topological polar surface area (TPSA) is 75.4 Å². The molecule has 2 heterocycles. The van der Waals surface area contributed by atoms with Gasteiger partial charge in [-0.25, -0.2) is 4.39 Å². The number of amides is 2. The molecule has 1 aliphatic heterocycles. The van der Waals surface area contributed by atoms with Crippen molar-refractivity contribution in [2.45, 2.75) is 32.5 Å². The van der Waals surface area contributed by atoms with Crippen molar-refractivity contribution in [3.05, 3.63) is 77.7 Å². The molecule has 0 bridgehead atoms. The van der Waals surface area contributed by atoms with Crippen molar-refractivity contribution >= 4 is 11.8 Å². The number of nitrogens with zero attached hydrogens (tertiary/aromatic N) is 2. The zero-order chi connectivity index (χ0) is 21.3. The van der Waals surface area contributed by atoms with E-state index in [0.717, 1.165) is 5.56 Å². The van der Waals surface area contributed by atoms with Crippen LogP contribution in [0.25, 0.3) is 11.3 Å². The second-order valence-electron chi connectivity index (χ2n) is 7.76. The molecule has 0 saturated carbocycles. The fourth-order valence-corrected chi connectivity index (χ4v) is 3.67. The van der Waals surface area contributed by atoms with E-state index in [1.54, 1.807) is 17.0 Å². The van der Waals surface area contributed by atoms with Crippen molar-refractivity contribution in [3.8, 4) is 11.3 Å². The number of hydrogen-bond donors (Lipinski definition) is 1. The Kier molecular flexibility index (Phi) is 5.35. The molecule has 1 fully saturated rings. The van der Waals surface area contributed by atoms with Gasteiger partial charge < -0.3 is 14.7 Å². The van der Waals surface area contributed by atoms with Gasteiger partial charge in [-0.3, -0.25) is 9.59 Å². The largest absolute Gasteiger partial charge is 0.355 e. The average molecular weight is 407 g/mol. The summed E-state index contributed by atoms with van der Waals surface area (Å²) in [5.74, 6) is -0.372. The van der Waals surface area contributed by atoms with Gasteiger partial charge in [0.05, 0.1) is 0 Å². The summed E-state index contributed by atoms with van der Waals surface area (Å²) >= 11 is 0. The van der Waals surface area contributed by atoms with E-state index in [2.05, 4.69) is 10.5 Å². The highest BCUT2D eigenvalue weighted by Crippen LogP contribution is 2.32. The number of benzene rings is 2. The SMILES string of the molecule is CC(C)CC1C(=O)NC(c2ccccc2)N1C(=O)c1cc(-c2ccc(F)cc2)on1. The second kappa shape index (κ2) is 8.10. The van der Waals surface area contributed by atoms with Crippen LogP contribution in [0.15, 0.2) is 65.2 Å². The van der Waals surface area contributed by atoms with Gasteiger partial charge in [0, 0.05) is 11.6 Å². The maximum Gasteiger partial charge on any atom is 0.278 e. The van der Waals surface area contributed by atoms with E-state index in [-0.39, 0.29) is 23.3 Å². The minimum Gasteiger partial charge on any atom is -0.355 e. The molecular weight excluding hydrogens is 385 g/mol. The molecule has 0 spiro atoms. The Balaban J connectivity index is 1.68. The van der Waals surface area contributed by atoms with Gasteiger partial charge in [0.15, 0.2) is 11.5 Å². The lowest BCUT2D eigenvalue weighted by atomic mass is 10.0. The molecule has 1 saturated heterocycles. The summed E-state index contributed by atoms with van der Waals surface area (Å²) in [6.07, 6.45) is -0.0512.